The number of phenols is 1. The van der Waals surface area contributed by atoms with Gasteiger partial charge < -0.3 is 15.9 Å². The van der Waals surface area contributed by atoms with Crippen LogP contribution in [0, 0.1) is 5.82 Å². The third-order valence-electron chi connectivity index (χ3n) is 2.53. The van der Waals surface area contributed by atoms with E-state index in [2.05, 4.69) is 0 Å². The van der Waals surface area contributed by atoms with Gasteiger partial charge >= 0.3 is 0 Å². The van der Waals surface area contributed by atoms with Crippen molar-refractivity contribution >= 4 is 5.69 Å². The molecule has 0 bridgehead atoms. The molecule has 0 saturated carbocycles. The first-order valence-electron chi connectivity index (χ1n) is 5.10. The van der Waals surface area contributed by atoms with Crippen LogP contribution in [-0.4, -0.2) is 10.2 Å². The standard InChI is InChI=1S/C13H12FNO2/c14-9-4-5-12(15)11(7-9)13(17)8-2-1-3-10(16)6-8/h1-7,13,16-17H,15H2. The molecule has 2 aromatic rings. The van der Waals surface area contributed by atoms with Gasteiger partial charge in [-0.3, -0.25) is 0 Å². The minimum atomic E-state index is -1.06. The highest BCUT2D eigenvalue weighted by atomic mass is 19.1. The Hall–Kier alpha value is -2.07. The second kappa shape index (κ2) is 4.43. The number of anilines is 1. The van der Waals surface area contributed by atoms with Crippen molar-refractivity contribution < 1.29 is 14.6 Å². The third-order valence-corrected chi connectivity index (χ3v) is 2.53. The van der Waals surface area contributed by atoms with Crippen LogP contribution in [0.5, 0.6) is 5.75 Å². The fraction of sp³-hybridized carbons (Fsp3) is 0.0769. The Morgan fingerprint density at radius 2 is 1.88 bits per heavy atom. The lowest BCUT2D eigenvalue weighted by molar-refractivity contribution is 0.220. The number of benzene rings is 2. The van der Waals surface area contributed by atoms with Crippen LogP contribution in [0.15, 0.2) is 42.5 Å². The highest BCUT2D eigenvalue weighted by Gasteiger charge is 2.14. The van der Waals surface area contributed by atoms with E-state index in [4.69, 9.17) is 5.73 Å². The molecule has 1 unspecified atom stereocenters. The van der Waals surface area contributed by atoms with Gasteiger partial charge in [0, 0.05) is 11.3 Å². The second-order valence-electron chi connectivity index (χ2n) is 3.77. The Labute approximate surface area is 97.9 Å². The van der Waals surface area contributed by atoms with Crippen LogP contribution in [0.3, 0.4) is 0 Å². The Morgan fingerprint density at radius 3 is 2.59 bits per heavy atom. The van der Waals surface area contributed by atoms with Crippen molar-refractivity contribution in [3.63, 3.8) is 0 Å². The number of aliphatic hydroxyl groups is 1. The number of rotatable bonds is 2. The van der Waals surface area contributed by atoms with Gasteiger partial charge in [-0.05, 0) is 35.9 Å². The highest BCUT2D eigenvalue weighted by Crippen LogP contribution is 2.28. The smallest absolute Gasteiger partial charge is 0.123 e. The Bertz CT molecular complexity index is 543. The van der Waals surface area contributed by atoms with Gasteiger partial charge in [-0.1, -0.05) is 12.1 Å². The van der Waals surface area contributed by atoms with Crippen LogP contribution >= 0.6 is 0 Å². The highest BCUT2D eigenvalue weighted by molar-refractivity contribution is 5.51. The van der Waals surface area contributed by atoms with Gasteiger partial charge in [0.15, 0.2) is 0 Å². The molecule has 2 rings (SSSR count). The molecule has 0 spiro atoms. The van der Waals surface area contributed by atoms with Crippen LogP contribution in [-0.2, 0) is 0 Å². The first kappa shape index (κ1) is 11.4. The van der Waals surface area contributed by atoms with Crippen LogP contribution < -0.4 is 5.73 Å². The largest absolute Gasteiger partial charge is 0.508 e. The Morgan fingerprint density at radius 1 is 1.12 bits per heavy atom. The summed E-state index contributed by atoms with van der Waals surface area (Å²) in [5, 5.41) is 19.4. The van der Waals surface area contributed by atoms with E-state index in [0.717, 1.165) is 0 Å². The molecule has 0 saturated heterocycles. The number of phenolic OH excluding ortho intramolecular Hbond substituents is 1. The minimum Gasteiger partial charge on any atom is -0.508 e. The lowest BCUT2D eigenvalue weighted by Crippen LogP contribution is -2.04. The summed E-state index contributed by atoms with van der Waals surface area (Å²) >= 11 is 0. The molecular formula is C13H12FNO2. The van der Waals surface area contributed by atoms with E-state index in [9.17, 15) is 14.6 Å². The van der Waals surface area contributed by atoms with Gasteiger partial charge in [-0.15, -0.1) is 0 Å². The SMILES string of the molecule is Nc1ccc(F)cc1C(O)c1cccc(O)c1. The Kier molecular flexibility index (Phi) is 2.97. The Balaban J connectivity index is 2.43. The monoisotopic (exact) mass is 233 g/mol. The zero-order valence-corrected chi connectivity index (χ0v) is 8.97. The maximum absolute atomic E-state index is 13.1. The van der Waals surface area contributed by atoms with E-state index in [0.29, 0.717) is 11.3 Å². The molecule has 1 atom stereocenters. The average molecular weight is 233 g/mol. The molecule has 0 radical (unpaired) electrons. The summed E-state index contributed by atoms with van der Waals surface area (Å²) in [6, 6.07) is 9.95. The summed E-state index contributed by atoms with van der Waals surface area (Å²) in [5.74, 6) is -0.426. The van der Waals surface area contributed by atoms with Crippen LogP contribution in [0.4, 0.5) is 10.1 Å². The summed E-state index contributed by atoms with van der Waals surface area (Å²) in [5.41, 5.74) is 6.73. The summed E-state index contributed by atoms with van der Waals surface area (Å²) in [6.07, 6.45) is -1.06. The summed E-state index contributed by atoms with van der Waals surface area (Å²) in [7, 11) is 0. The molecule has 0 aliphatic carbocycles. The number of nitrogen functional groups attached to an aromatic ring is 1. The van der Waals surface area contributed by atoms with Gasteiger partial charge in [-0.25, -0.2) is 4.39 Å². The van der Waals surface area contributed by atoms with Crippen molar-refractivity contribution in [1.29, 1.82) is 0 Å². The van der Waals surface area contributed by atoms with Gasteiger partial charge in [0.25, 0.3) is 0 Å². The first-order chi connectivity index (χ1) is 8.08. The molecule has 0 aliphatic heterocycles. The fourth-order valence-electron chi connectivity index (χ4n) is 1.66. The molecular weight excluding hydrogens is 221 g/mol. The number of hydrogen-bond acceptors (Lipinski definition) is 3. The predicted octanol–water partition coefficient (Wildman–Crippen LogP) is 2.20. The van der Waals surface area contributed by atoms with E-state index in [1.54, 1.807) is 12.1 Å². The lowest BCUT2D eigenvalue weighted by Gasteiger charge is -2.14. The number of halogens is 1. The van der Waals surface area contributed by atoms with E-state index < -0.39 is 11.9 Å². The normalized spacial score (nSPS) is 12.4. The van der Waals surface area contributed by atoms with Crippen molar-refractivity contribution in [2.75, 3.05) is 5.73 Å². The van der Waals surface area contributed by atoms with Crippen molar-refractivity contribution in [3.8, 4) is 5.75 Å². The molecule has 0 aromatic heterocycles. The molecule has 0 fully saturated rings. The quantitative estimate of drug-likeness (QED) is 0.696. The zero-order valence-electron chi connectivity index (χ0n) is 8.97. The van der Waals surface area contributed by atoms with Crippen LogP contribution in [0.1, 0.15) is 17.2 Å². The van der Waals surface area contributed by atoms with Crippen molar-refractivity contribution in [2.24, 2.45) is 0 Å². The molecule has 0 heterocycles. The molecule has 3 nitrogen and oxygen atoms in total. The maximum atomic E-state index is 13.1. The molecule has 88 valence electrons. The van der Waals surface area contributed by atoms with Gasteiger partial charge in [-0.2, -0.15) is 0 Å². The van der Waals surface area contributed by atoms with Crippen molar-refractivity contribution in [2.45, 2.75) is 6.10 Å². The maximum Gasteiger partial charge on any atom is 0.123 e. The predicted molar refractivity (Wildman–Crippen MR) is 63.0 cm³/mol. The third kappa shape index (κ3) is 2.37. The van der Waals surface area contributed by atoms with E-state index >= 15 is 0 Å². The van der Waals surface area contributed by atoms with Gasteiger partial charge in [0.1, 0.15) is 17.7 Å². The molecule has 4 N–H and O–H groups in total. The molecule has 2 aromatic carbocycles. The summed E-state index contributed by atoms with van der Waals surface area (Å²) < 4.78 is 13.1. The average Bonchev–Trinajstić information content (AvgIpc) is 2.31. The van der Waals surface area contributed by atoms with Crippen molar-refractivity contribution in [3.05, 3.63) is 59.4 Å². The topological polar surface area (TPSA) is 66.5 Å². The number of nitrogens with two attached hydrogens (primary N) is 1. The van der Waals surface area contributed by atoms with Crippen LogP contribution in [0.25, 0.3) is 0 Å². The number of aromatic hydroxyl groups is 1. The van der Waals surface area contributed by atoms with Gasteiger partial charge in [0.05, 0.1) is 0 Å². The summed E-state index contributed by atoms with van der Waals surface area (Å²) in [4.78, 5) is 0. The molecule has 17 heavy (non-hydrogen) atoms. The van der Waals surface area contributed by atoms with Crippen LogP contribution in [0.2, 0.25) is 0 Å². The second-order valence-corrected chi connectivity index (χ2v) is 3.77. The minimum absolute atomic E-state index is 0.0384. The molecule has 0 amide bonds. The van der Waals surface area contributed by atoms with E-state index in [1.165, 1.54) is 30.3 Å². The van der Waals surface area contributed by atoms with E-state index in [-0.39, 0.29) is 11.3 Å². The van der Waals surface area contributed by atoms with Gasteiger partial charge in [0.2, 0.25) is 0 Å². The number of hydrogen-bond donors (Lipinski definition) is 3. The fourth-order valence-corrected chi connectivity index (χ4v) is 1.66. The first-order valence-corrected chi connectivity index (χ1v) is 5.10. The summed E-state index contributed by atoms with van der Waals surface area (Å²) in [6.45, 7) is 0. The lowest BCUT2D eigenvalue weighted by atomic mass is 10.00. The molecule has 0 aliphatic rings. The van der Waals surface area contributed by atoms with E-state index in [1.807, 2.05) is 0 Å². The van der Waals surface area contributed by atoms with Crippen molar-refractivity contribution in [1.82, 2.24) is 0 Å². The number of aliphatic hydroxyl groups excluding tert-OH is 1. The zero-order chi connectivity index (χ0) is 12.4. The molecule has 4 heteroatoms.